The van der Waals surface area contributed by atoms with Crippen molar-refractivity contribution in [2.24, 2.45) is 0 Å². The Hall–Kier alpha value is -2.31. The molecule has 136 valence electrons. The average molecular weight is 352 g/mol. The van der Waals surface area contributed by atoms with Gasteiger partial charge in [-0.2, -0.15) is 5.10 Å². The van der Waals surface area contributed by atoms with E-state index in [2.05, 4.69) is 16.8 Å². The highest BCUT2D eigenvalue weighted by Gasteiger charge is 2.51. The molecule has 6 heteroatoms. The van der Waals surface area contributed by atoms with Crippen LogP contribution in [0, 0.1) is 0 Å². The van der Waals surface area contributed by atoms with E-state index in [0.717, 1.165) is 16.4 Å². The van der Waals surface area contributed by atoms with Crippen molar-refractivity contribution in [3.8, 4) is 5.75 Å². The smallest absolute Gasteiger partial charge is 0.457 e. The molecule has 2 heterocycles. The zero-order chi connectivity index (χ0) is 18.9. The maximum Gasteiger partial charge on any atom is 0.494 e. The molecule has 1 aliphatic rings. The summed E-state index contributed by atoms with van der Waals surface area (Å²) in [6, 6.07) is 5.75. The van der Waals surface area contributed by atoms with E-state index in [9.17, 15) is 0 Å². The van der Waals surface area contributed by atoms with Crippen LogP contribution in [0.1, 0.15) is 34.6 Å². The van der Waals surface area contributed by atoms with Crippen molar-refractivity contribution in [1.82, 2.24) is 10.2 Å². The van der Waals surface area contributed by atoms with Crippen molar-refractivity contribution >= 4 is 18.0 Å². The van der Waals surface area contributed by atoms with Gasteiger partial charge in [-0.1, -0.05) is 24.8 Å². The number of hydrogen-bond donors (Lipinski definition) is 1. The van der Waals surface area contributed by atoms with E-state index in [1.165, 1.54) is 0 Å². The number of nitrogens with zero attached hydrogens (tertiary/aromatic N) is 1. The predicted octanol–water partition coefficient (Wildman–Crippen LogP) is 4.59. The Bertz CT molecular complexity index is 864. The van der Waals surface area contributed by atoms with Crippen LogP contribution in [0.5, 0.6) is 5.75 Å². The van der Waals surface area contributed by atoms with Gasteiger partial charge in [0.1, 0.15) is 11.5 Å². The molecular formula is C20H25BN2O3. The fourth-order valence-corrected chi connectivity index (χ4v) is 2.68. The van der Waals surface area contributed by atoms with E-state index in [1.54, 1.807) is 6.20 Å². The number of nitrogens with one attached hydrogen (secondary N) is 1. The molecule has 0 bridgehead atoms. The highest BCUT2D eigenvalue weighted by molar-refractivity contribution is 6.55. The number of fused-ring (bicyclic) bond motifs is 1. The molecule has 1 aromatic heterocycles. The normalized spacial score (nSPS) is 19.4. The number of aromatic amines is 1. The molecule has 0 saturated carbocycles. The molecule has 1 aromatic carbocycles. The number of benzene rings is 1. The van der Waals surface area contributed by atoms with Crippen LogP contribution in [0.25, 0.3) is 10.9 Å². The summed E-state index contributed by atoms with van der Waals surface area (Å²) in [5.74, 6) is 1.23. The molecule has 1 aliphatic heterocycles. The third kappa shape index (κ3) is 3.48. The molecule has 0 atom stereocenters. The fourth-order valence-electron chi connectivity index (χ4n) is 2.68. The Morgan fingerprint density at radius 2 is 1.88 bits per heavy atom. The van der Waals surface area contributed by atoms with Crippen LogP contribution in [0.15, 0.2) is 60.4 Å². The fraction of sp³-hybridized carbons (Fsp3) is 0.350. The Morgan fingerprint density at radius 3 is 2.54 bits per heavy atom. The summed E-state index contributed by atoms with van der Waals surface area (Å²) >= 11 is 0. The first-order valence-corrected chi connectivity index (χ1v) is 8.72. The number of allylic oxidation sites excluding steroid dienone is 4. The van der Waals surface area contributed by atoms with Crippen LogP contribution in [0.3, 0.4) is 0 Å². The topological polar surface area (TPSA) is 56.4 Å². The summed E-state index contributed by atoms with van der Waals surface area (Å²) in [5, 5.41) is 7.88. The van der Waals surface area contributed by atoms with Gasteiger partial charge in [0.15, 0.2) is 0 Å². The van der Waals surface area contributed by atoms with Gasteiger partial charge in [0.05, 0.1) is 28.3 Å². The second-order valence-corrected chi connectivity index (χ2v) is 7.37. The van der Waals surface area contributed by atoms with Gasteiger partial charge >= 0.3 is 7.12 Å². The van der Waals surface area contributed by atoms with Crippen LogP contribution >= 0.6 is 0 Å². The van der Waals surface area contributed by atoms with Gasteiger partial charge in [-0.15, -0.1) is 0 Å². The van der Waals surface area contributed by atoms with Gasteiger partial charge in [-0.25, -0.2) is 0 Å². The van der Waals surface area contributed by atoms with E-state index in [0.29, 0.717) is 11.5 Å². The Balaban J connectivity index is 1.70. The van der Waals surface area contributed by atoms with Crippen LogP contribution in [0.2, 0.25) is 0 Å². The van der Waals surface area contributed by atoms with Crippen molar-refractivity contribution in [2.45, 2.75) is 45.8 Å². The molecule has 26 heavy (non-hydrogen) atoms. The molecule has 0 spiro atoms. The van der Waals surface area contributed by atoms with Crippen molar-refractivity contribution < 1.29 is 14.0 Å². The molecule has 0 radical (unpaired) electrons. The second kappa shape index (κ2) is 6.78. The SMILES string of the molecule is C=C(/C=C\C(=C/C)B1OC(C)(C)C(C)(C)O1)Oc1cccc2[nH]ncc12. The molecule has 0 unspecified atom stereocenters. The van der Waals surface area contributed by atoms with Crippen LogP contribution in [-0.2, 0) is 9.31 Å². The maximum absolute atomic E-state index is 6.09. The molecule has 0 aliphatic carbocycles. The van der Waals surface area contributed by atoms with E-state index < -0.39 is 7.12 Å². The lowest BCUT2D eigenvalue weighted by Gasteiger charge is -2.32. The predicted molar refractivity (Wildman–Crippen MR) is 105 cm³/mol. The molecular weight excluding hydrogens is 327 g/mol. The summed E-state index contributed by atoms with van der Waals surface area (Å²) < 4.78 is 18.1. The molecule has 3 rings (SSSR count). The van der Waals surface area contributed by atoms with Crippen molar-refractivity contribution in [1.29, 1.82) is 0 Å². The standard InChI is InChI=1S/C20H25BN2O3/c1-7-15(21-25-19(3,4)20(5,6)26-21)12-11-14(2)24-18-10-8-9-17-16(18)13-22-23-17/h7-13H,2H2,1,3-6H3,(H,22,23)/b12-11-,15-7+. The lowest BCUT2D eigenvalue weighted by molar-refractivity contribution is 0.00578. The van der Waals surface area contributed by atoms with Gasteiger partial charge in [0.2, 0.25) is 0 Å². The first-order valence-electron chi connectivity index (χ1n) is 8.72. The summed E-state index contributed by atoms with van der Waals surface area (Å²) in [6.45, 7) is 14.1. The highest BCUT2D eigenvalue weighted by atomic mass is 16.7. The minimum atomic E-state index is -0.411. The quantitative estimate of drug-likeness (QED) is 0.486. The number of ether oxygens (including phenoxy) is 1. The van der Waals surface area contributed by atoms with Crippen LogP contribution in [-0.4, -0.2) is 28.5 Å². The minimum Gasteiger partial charge on any atom is -0.457 e. The van der Waals surface area contributed by atoms with E-state index in [4.69, 9.17) is 14.0 Å². The van der Waals surface area contributed by atoms with E-state index >= 15 is 0 Å². The number of aromatic nitrogens is 2. The van der Waals surface area contributed by atoms with Crippen molar-refractivity contribution in [3.63, 3.8) is 0 Å². The average Bonchev–Trinajstić information content (AvgIpc) is 3.11. The van der Waals surface area contributed by atoms with Crippen molar-refractivity contribution in [2.75, 3.05) is 0 Å². The van der Waals surface area contributed by atoms with E-state index in [1.807, 2.05) is 71.0 Å². The summed E-state index contributed by atoms with van der Waals surface area (Å²) in [5.41, 5.74) is 1.11. The van der Waals surface area contributed by atoms with Crippen molar-refractivity contribution in [3.05, 3.63) is 60.4 Å². The first kappa shape index (κ1) is 18.5. The van der Waals surface area contributed by atoms with Gasteiger partial charge in [-0.05, 0) is 58.3 Å². The monoisotopic (exact) mass is 352 g/mol. The van der Waals surface area contributed by atoms with Gasteiger partial charge in [0.25, 0.3) is 0 Å². The zero-order valence-corrected chi connectivity index (χ0v) is 16.0. The van der Waals surface area contributed by atoms with E-state index in [-0.39, 0.29) is 11.2 Å². The molecule has 5 nitrogen and oxygen atoms in total. The van der Waals surface area contributed by atoms with Crippen LogP contribution in [0.4, 0.5) is 0 Å². The molecule has 0 amide bonds. The molecule has 1 N–H and O–H groups in total. The molecule has 2 aromatic rings. The zero-order valence-electron chi connectivity index (χ0n) is 16.0. The Kier molecular flexibility index (Phi) is 4.82. The third-order valence-corrected chi connectivity index (χ3v) is 5.01. The Morgan fingerprint density at radius 1 is 1.19 bits per heavy atom. The molecule has 1 saturated heterocycles. The lowest BCUT2D eigenvalue weighted by atomic mass is 9.77. The summed E-state index contributed by atoms with van der Waals surface area (Å²) in [4.78, 5) is 0. The van der Waals surface area contributed by atoms with Gasteiger partial charge in [0, 0.05) is 0 Å². The van der Waals surface area contributed by atoms with Gasteiger partial charge < -0.3 is 14.0 Å². The first-order chi connectivity index (χ1) is 12.2. The molecule has 1 fully saturated rings. The number of rotatable bonds is 5. The largest absolute Gasteiger partial charge is 0.494 e. The van der Waals surface area contributed by atoms with Gasteiger partial charge in [-0.3, -0.25) is 5.10 Å². The number of hydrogen-bond acceptors (Lipinski definition) is 4. The van der Waals surface area contributed by atoms with Crippen LogP contribution < -0.4 is 4.74 Å². The second-order valence-electron chi connectivity index (χ2n) is 7.37. The lowest BCUT2D eigenvalue weighted by Crippen LogP contribution is -2.41. The highest BCUT2D eigenvalue weighted by Crippen LogP contribution is 2.38. The third-order valence-electron chi connectivity index (χ3n) is 5.01. The summed E-state index contributed by atoms with van der Waals surface area (Å²) in [6.07, 6.45) is 7.45. The maximum atomic E-state index is 6.09. The minimum absolute atomic E-state index is 0.371. The number of H-pyrrole nitrogens is 1. The summed E-state index contributed by atoms with van der Waals surface area (Å²) in [7, 11) is -0.411. The Labute approximate surface area is 154 Å².